The first-order chi connectivity index (χ1) is 12.3. The fraction of sp³-hybridized carbons (Fsp3) is 0.350. The van der Waals surface area contributed by atoms with Gasteiger partial charge in [0.15, 0.2) is 0 Å². The highest BCUT2D eigenvalue weighted by Crippen LogP contribution is 2.17. The predicted octanol–water partition coefficient (Wildman–Crippen LogP) is 3.26. The zero-order valence-corrected chi connectivity index (χ0v) is 14.2. The van der Waals surface area contributed by atoms with E-state index in [1.165, 1.54) is 25.7 Å². The molecule has 3 rings (SSSR count). The zero-order valence-electron chi connectivity index (χ0n) is 14.2. The van der Waals surface area contributed by atoms with Crippen molar-refractivity contribution in [2.45, 2.75) is 32.2 Å². The van der Waals surface area contributed by atoms with E-state index in [0.717, 1.165) is 24.5 Å². The minimum atomic E-state index is -0.186. The van der Waals surface area contributed by atoms with Gasteiger partial charge in [-0.25, -0.2) is 4.98 Å². The number of hydrogen-bond donors (Lipinski definition) is 1. The molecule has 2 aromatic rings. The second kappa shape index (κ2) is 8.29. The summed E-state index contributed by atoms with van der Waals surface area (Å²) < 4.78 is 0. The summed E-state index contributed by atoms with van der Waals surface area (Å²) in [5, 5.41) is 11.8. The van der Waals surface area contributed by atoms with Gasteiger partial charge < -0.3 is 10.2 Å². The van der Waals surface area contributed by atoms with Crippen LogP contribution in [0.1, 0.15) is 47.2 Å². The van der Waals surface area contributed by atoms with Gasteiger partial charge in [0, 0.05) is 31.4 Å². The molecule has 0 unspecified atom stereocenters. The molecule has 0 radical (unpaired) electrons. The van der Waals surface area contributed by atoms with Gasteiger partial charge >= 0.3 is 0 Å². The molecule has 25 heavy (non-hydrogen) atoms. The van der Waals surface area contributed by atoms with Gasteiger partial charge in [-0.1, -0.05) is 25.0 Å². The summed E-state index contributed by atoms with van der Waals surface area (Å²) in [4.78, 5) is 19.1. The SMILES string of the molecule is N#Cc1cccc(C(=O)NCc2ccc(N3CCCCCC3)nc2)c1. The van der Waals surface area contributed by atoms with Crippen LogP contribution in [0.25, 0.3) is 0 Å². The second-order valence-electron chi connectivity index (χ2n) is 6.30. The number of benzene rings is 1. The molecule has 1 aliphatic rings. The Kier molecular flexibility index (Phi) is 5.63. The van der Waals surface area contributed by atoms with Crippen LogP contribution in [-0.4, -0.2) is 24.0 Å². The molecule has 5 heteroatoms. The highest BCUT2D eigenvalue weighted by atomic mass is 16.1. The maximum Gasteiger partial charge on any atom is 0.251 e. The van der Waals surface area contributed by atoms with E-state index in [1.807, 2.05) is 24.4 Å². The zero-order chi connectivity index (χ0) is 17.5. The topological polar surface area (TPSA) is 69.0 Å². The van der Waals surface area contributed by atoms with E-state index < -0.39 is 0 Å². The lowest BCUT2D eigenvalue weighted by Gasteiger charge is -2.21. The van der Waals surface area contributed by atoms with Crippen molar-refractivity contribution in [1.29, 1.82) is 5.26 Å². The highest BCUT2D eigenvalue weighted by molar-refractivity contribution is 5.94. The molecule has 1 fully saturated rings. The Morgan fingerprint density at radius 1 is 1.16 bits per heavy atom. The number of pyridine rings is 1. The number of nitrogens with one attached hydrogen (secondary N) is 1. The molecule has 1 aliphatic heterocycles. The minimum absolute atomic E-state index is 0.186. The van der Waals surface area contributed by atoms with Crippen LogP contribution in [0.3, 0.4) is 0 Å². The third-order valence-corrected chi connectivity index (χ3v) is 4.45. The molecule has 5 nitrogen and oxygen atoms in total. The summed E-state index contributed by atoms with van der Waals surface area (Å²) in [6.45, 7) is 2.56. The predicted molar refractivity (Wildman–Crippen MR) is 97.2 cm³/mol. The second-order valence-corrected chi connectivity index (χ2v) is 6.30. The van der Waals surface area contributed by atoms with E-state index in [2.05, 4.69) is 15.2 Å². The monoisotopic (exact) mass is 334 g/mol. The van der Waals surface area contributed by atoms with Crippen molar-refractivity contribution < 1.29 is 4.79 Å². The number of amides is 1. The van der Waals surface area contributed by atoms with Crippen LogP contribution in [0, 0.1) is 11.3 Å². The van der Waals surface area contributed by atoms with Gasteiger partial charge in [-0.3, -0.25) is 4.79 Å². The summed E-state index contributed by atoms with van der Waals surface area (Å²) in [5.74, 6) is 0.826. The normalized spacial score (nSPS) is 14.4. The first kappa shape index (κ1) is 17.0. The Balaban J connectivity index is 1.58. The van der Waals surface area contributed by atoms with Crippen LogP contribution >= 0.6 is 0 Å². The van der Waals surface area contributed by atoms with E-state index in [1.54, 1.807) is 24.3 Å². The number of anilines is 1. The maximum atomic E-state index is 12.2. The molecule has 0 atom stereocenters. The van der Waals surface area contributed by atoms with E-state index in [0.29, 0.717) is 17.7 Å². The Labute approximate surface area is 148 Å². The lowest BCUT2D eigenvalue weighted by Crippen LogP contribution is -2.25. The summed E-state index contributed by atoms with van der Waals surface area (Å²) >= 11 is 0. The molecule has 1 saturated heterocycles. The molecule has 0 aliphatic carbocycles. The van der Waals surface area contributed by atoms with Gasteiger partial charge in [0.25, 0.3) is 5.91 Å². The lowest BCUT2D eigenvalue weighted by atomic mass is 10.1. The summed E-state index contributed by atoms with van der Waals surface area (Å²) in [7, 11) is 0. The fourth-order valence-electron chi connectivity index (χ4n) is 3.02. The molecule has 0 saturated carbocycles. The van der Waals surface area contributed by atoms with E-state index in [4.69, 9.17) is 5.26 Å². The van der Waals surface area contributed by atoms with Crippen molar-refractivity contribution in [2.24, 2.45) is 0 Å². The minimum Gasteiger partial charge on any atom is -0.357 e. The molecular weight excluding hydrogens is 312 g/mol. The van der Waals surface area contributed by atoms with Crippen molar-refractivity contribution in [3.8, 4) is 6.07 Å². The number of carbonyl (C=O) groups is 1. The average Bonchev–Trinajstić information content (AvgIpc) is 2.96. The van der Waals surface area contributed by atoms with Crippen LogP contribution in [0.2, 0.25) is 0 Å². The van der Waals surface area contributed by atoms with Gasteiger partial charge in [-0.05, 0) is 42.7 Å². The lowest BCUT2D eigenvalue weighted by molar-refractivity contribution is 0.0951. The Hall–Kier alpha value is -2.87. The Morgan fingerprint density at radius 3 is 2.64 bits per heavy atom. The van der Waals surface area contributed by atoms with E-state index in [9.17, 15) is 4.79 Å². The summed E-state index contributed by atoms with van der Waals surface area (Å²) in [5.41, 5.74) is 1.94. The van der Waals surface area contributed by atoms with Crippen molar-refractivity contribution in [1.82, 2.24) is 10.3 Å². The van der Waals surface area contributed by atoms with Gasteiger partial charge in [-0.15, -0.1) is 0 Å². The average molecular weight is 334 g/mol. The molecule has 2 heterocycles. The largest absolute Gasteiger partial charge is 0.357 e. The first-order valence-electron chi connectivity index (χ1n) is 8.74. The van der Waals surface area contributed by atoms with Crippen molar-refractivity contribution >= 4 is 11.7 Å². The third-order valence-electron chi connectivity index (χ3n) is 4.45. The quantitative estimate of drug-likeness (QED) is 0.932. The maximum absolute atomic E-state index is 12.2. The summed E-state index contributed by atoms with van der Waals surface area (Å²) in [6, 6.07) is 12.8. The van der Waals surface area contributed by atoms with Gasteiger partial charge in [0.2, 0.25) is 0 Å². The smallest absolute Gasteiger partial charge is 0.251 e. The van der Waals surface area contributed by atoms with Crippen LogP contribution < -0.4 is 10.2 Å². The number of carbonyl (C=O) groups excluding carboxylic acids is 1. The molecule has 0 bridgehead atoms. The van der Waals surface area contributed by atoms with Crippen LogP contribution in [0.5, 0.6) is 0 Å². The molecular formula is C20H22N4O. The van der Waals surface area contributed by atoms with Crippen LogP contribution in [0.4, 0.5) is 5.82 Å². The Morgan fingerprint density at radius 2 is 1.96 bits per heavy atom. The van der Waals surface area contributed by atoms with Crippen LogP contribution in [-0.2, 0) is 6.54 Å². The molecule has 128 valence electrons. The third kappa shape index (κ3) is 4.57. The van der Waals surface area contributed by atoms with Crippen LogP contribution in [0.15, 0.2) is 42.6 Å². The van der Waals surface area contributed by atoms with Crippen molar-refractivity contribution in [3.63, 3.8) is 0 Å². The van der Waals surface area contributed by atoms with Gasteiger partial charge in [0.1, 0.15) is 5.82 Å². The number of nitriles is 1. The number of rotatable bonds is 4. The Bertz CT molecular complexity index is 756. The molecule has 1 aromatic heterocycles. The molecule has 0 spiro atoms. The highest BCUT2D eigenvalue weighted by Gasteiger charge is 2.11. The standard InChI is InChI=1S/C20H22N4O/c21-13-16-6-5-7-18(12-16)20(25)23-15-17-8-9-19(22-14-17)24-10-3-1-2-4-11-24/h5-9,12,14H,1-4,10-11,15H2,(H,23,25). The van der Waals surface area contributed by atoms with Gasteiger partial charge in [0.05, 0.1) is 11.6 Å². The molecule has 1 aromatic carbocycles. The van der Waals surface area contributed by atoms with Gasteiger partial charge in [-0.2, -0.15) is 5.26 Å². The van der Waals surface area contributed by atoms with Crippen molar-refractivity contribution in [3.05, 3.63) is 59.3 Å². The molecule has 1 N–H and O–H groups in total. The first-order valence-corrected chi connectivity index (χ1v) is 8.74. The fourth-order valence-corrected chi connectivity index (χ4v) is 3.02. The van der Waals surface area contributed by atoms with E-state index in [-0.39, 0.29) is 5.91 Å². The van der Waals surface area contributed by atoms with E-state index >= 15 is 0 Å². The molecule has 1 amide bonds. The number of aromatic nitrogens is 1. The van der Waals surface area contributed by atoms with Crippen molar-refractivity contribution in [2.75, 3.05) is 18.0 Å². The number of nitrogens with zero attached hydrogens (tertiary/aromatic N) is 3. The summed E-state index contributed by atoms with van der Waals surface area (Å²) in [6.07, 6.45) is 6.87. The number of hydrogen-bond acceptors (Lipinski definition) is 4.